The zero-order chi connectivity index (χ0) is 12.6. The lowest BCUT2D eigenvalue weighted by Crippen LogP contribution is -2.58. The van der Waals surface area contributed by atoms with Crippen LogP contribution in [0.3, 0.4) is 0 Å². The Bertz CT molecular complexity index is 417. The van der Waals surface area contributed by atoms with Gasteiger partial charge in [-0.3, -0.25) is 4.90 Å². The summed E-state index contributed by atoms with van der Waals surface area (Å²) in [7, 11) is 2.19. The lowest BCUT2D eigenvalue weighted by molar-refractivity contribution is 0.138. The van der Waals surface area contributed by atoms with Gasteiger partial charge in [0, 0.05) is 31.4 Å². The number of hydrogen-bond acceptors (Lipinski definition) is 3. The van der Waals surface area contributed by atoms with Gasteiger partial charge >= 0.3 is 0 Å². The normalized spacial score (nSPS) is 20.6. The monoisotopic (exact) mass is 297 g/mol. The molecule has 2 rings (SSSR count). The number of aryl methyl sites for hydroxylation is 1. The third-order valence-corrected chi connectivity index (χ3v) is 4.16. The standard InChI is InChI=1S/C13H20BrN3/c1-10-7-11(14)12(15-8-10)17-6-5-16(4)13(2,3)9-17/h7-8H,5-6,9H2,1-4H3. The number of pyridine rings is 1. The summed E-state index contributed by atoms with van der Waals surface area (Å²) in [5.74, 6) is 1.07. The van der Waals surface area contributed by atoms with Crippen LogP contribution in [0.15, 0.2) is 16.7 Å². The topological polar surface area (TPSA) is 19.4 Å². The molecule has 17 heavy (non-hydrogen) atoms. The second-order valence-electron chi connectivity index (χ2n) is 5.47. The summed E-state index contributed by atoms with van der Waals surface area (Å²) in [6.07, 6.45) is 1.94. The van der Waals surface area contributed by atoms with Gasteiger partial charge in [0.25, 0.3) is 0 Å². The molecule has 1 fully saturated rings. The summed E-state index contributed by atoms with van der Waals surface area (Å²) in [6.45, 7) is 9.75. The molecule has 0 aromatic carbocycles. The third-order valence-electron chi connectivity index (χ3n) is 3.57. The van der Waals surface area contributed by atoms with Gasteiger partial charge in [-0.15, -0.1) is 0 Å². The van der Waals surface area contributed by atoms with Gasteiger partial charge in [0.15, 0.2) is 0 Å². The van der Waals surface area contributed by atoms with Crippen LogP contribution in [0.2, 0.25) is 0 Å². The Kier molecular flexibility index (Phi) is 3.46. The summed E-state index contributed by atoms with van der Waals surface area (Å²) < 4.78 is 1.10. The van der Waals surface area contributed by atoms with E-state index in [1.807, 2.05) is 6.20 Å². The fourth-order valence-electron chi connectivity index (χ4n) is 2.18. The number of halogens is 1. The molecule has 1 aliphatic heterocycles. The van der Waals surface area contributed by atoms with Gasteiger partial charge in [-0.25, -0.2) is 4.98 Å². The second-order valence-corrected chi connectivity index (χ2v) is 6.33. The number of aromatic nitrogens is 1. The van der Waals surface area contributed by atoms with E-state index in [-0.39, 0.29) is 5.54 Å². The van der Waals surface area contributed by atoms with E-state index in [1.54, 1.807) is 0 Å². The van der Waals surface area contributed by atoms with Crippen molar-refractivity contribution in [1.82, 2.24) is 9.88 Å². The van der Waals surface area contributed by atoms with Crippen LogP contribution in [-0.4, -0.2) is 42.1 Å². The molecule has 0 atom stereocenters. The zero-order valence-electron chi connectivity index (χ0n) is 11.0. The molecule has 4 heteroatoms. The predicted molar refractivity (Wildman–Crippen MR) is 75.6 cm³/mol. The van der Waals surface area contributed by atoms with Crippen LogP contribution in [0.25, 0.3) is 0 Å². The Morgan fingerprint density at radius 3 is 2.65 bits per heavy atom. The Morgan fingerprint density at radius 2 is 2.06 bits per heavy atom. The molecule has 0 amide bonds. The van der Waals surface area contributed by atoms with Crippen LogP contribution in [0.5, 0.6) is 0 Å². The van der Waals surface area contributed by atoms with Crippen molar-refractivity contribution in [2.24, 2.45) is 0 Å². The number of anilines is 1. The maximum absolute atomic E-state index is 4.55. The van der Waals surface area contributed by atoms with Gasteiger partial charge in [-0.05, 0) is 55.4 Å². The van der Waals surface area contributed by atoms with Crippen LogP contribution in [0, 0.1) is 6.92 Å². The van der Waals surface area contributed by atoms with Gasteiger partial charge < -0.3 is 4.90 Å². The highest BCUT2D eigenvalue weighted by molar-refractivity contribution is 9.10. The minimum atomic E-state index is 0.199. The molecule has 1 saturated heterocycles. The third kappa shape index (κ3) is 2.63. The van der Waals surface area contributed by atoms with E-state index >= 15 is 0 Å². The molecule has 0 N–H and O–H groups in total. The van der Waals surface area contributed by atoms with Gasteiger partial charge in [0.05, 0.1) is 4.47 Å². The van der Waals surface area contributed by atoms with Gasteiger partial charge in [-0.2, -0.15) is 0 Å². The number of nitrogens with zero attached hydrogens (tertiary/aromatic N) is 3. The van der Waals surface area contributed by atoms with E-state index in [1.165, 1.54) is 5.56 Å². The first-order chi connectivity index (χ1) is 7.90. The van der Waals surface area contributed by atoms with Crippen molar-refractivity contribution >= 4 is 21.7 Å². The van der Waals surface area contributed by atoms with Crippen molar-refractivity contribution in [3.05, 3.63) is 22.3 Å². The number of likely N-dealkylation sites (N-methyl/N-ethyl adjacent to an activating group) is 1. The predicted octanol–water partition coefficient (Wildman–Crippen LogP) is 2.68. The molecule has 2 heterocycles. The molecule has 0 unspecified atom stereocenters. The molecule has 1 aromatic heterocycles. The molecule has 0 spiro atoms. The van der Waals surface area contributed by atoms with E-state index in [0.717, 1.165) is 29.9 Å². The van der Waals surface area contributed by atoms with Crippen LogP contribution < -0.4 is 4.90 Å². The quantitative estimate of drug-likeness (QED) is 0.794. The molecule has 0 saturated carbocycles. The minimum absolute atomic E-state index is 0.199. The largest absolute Gasteiger partial charge is 0.353 e. The van der Waals surface area contributed by atoms with Crippen LogP contribution >= 0.6 is 15.9 Å². The minimum Gasteiger partial charge on any atom is -0.353 e. The van der Waals surface area contributed by atoms with Crippen molar-refractivity contribution in [1.29, 1.82) is 0 Å². The smallest absolute Gasteiger partial charge is 0.142 e. The van der Waals surface area contributed by atoms with Crippen molar-refractivity contribution in [2.45, 2.75) is 26.3 Å². The zero-order valence-corrected chi connectivity index (χ0v) is 12.6. The lowest BCUT2D eigenvalue weighted by Gasteiger charge is -2.46. The fraction of sp³-hybridized carbons (Fsp3) is 0.615. The van der Waals surface area contributed by atoms with Crippen LogP contribution in [-0.2, 0) is 0 Å². The van der Waals surface area contributed by atoms with Gasteiger partial charge in [0.2, 0.25) is 0 Å². The maximum atomic E-state index is 4.55. The summed E-state index contributed by atoms with van der Waals surface area (Å²) >= 11 is 3.62. The van der Waals surface area contributed by atoms with Crippen molar-refractivity contribution in [2.75, 3.05) is 31.6 Å². The van der Waals surface area contributed by atoms with Gasteiger partial charge in [0.1, 0.15) is 5.82 Å². The number of piperazine rings is 1. The second kappa shape index (κ2) is 4.58. The molecule has 1 aromatic rings. The highest BCUT2D eigenvalue weighted by Crippen LogP contribution is 2.29. The highest BCUT2D eigenvalue weighted by Gasteiger charge is 2.32. The molecule has 0 bridgehead atoms. The highest BCUT2D eigenvalue weighted by atomic mass is 79.9. The molecule has 0 aliphatic carbocycles. The average Bonchev–Trinajstić information content (AvgIpc) is 2.22. The lowest BCUT2D eigenvalue weighted by atomic mass is 10.00. The molecule has 3 nitrogen and oxygen atoms in total. The molecular formula is C13H20BrN3. The van der Waals surface area contributed by atoms with Gasteiger partial charge in [-0.1, -0.05) is 0 Å². The van der Waals surface area contributed by atoms with E-state index in [0.29, 0.717) is 0 Å². The summed E-state index contributed by atoms with van der Waals surface area (Å²) in [4.78, 5) is 9.33. The van der Waals surface area contributed by atoms with Crippen molar-refractivity contribution < 1.29 is 0 Å². The first kappa shape index (κ1) is 12.8. The maximum Gasteiger partial charge on any atom is 0.142 e. The Labute approximate surface area is 112 Å². The van der Waals surface area contributed by atoms with Crippen LogP contribution in [0.4, 0.5) is 5.82 Å². The molecular weight excluding hydrogens is 278 g/mol. The first-order valence-corrected chi connectivity index (χ1v) is 6.78. The average molecular weight is 298 g/mol. The molecule has 1 aliphatic rings. The summed E-state index contributed by atoms with van der Waals surface area (Å²) in [5, 5.41) is 0. The van der Waals surface area contributed by atoms with Crippen LogP contribution in [0.1, 0.15) is 19.4 Å². The first-order valence-electron chi connectivity index (χ1n) is 5.98. The molecule has 0 radical (unpaired) electrons. The Hall–Kier alpha value is -0.610. The molecule has 94 valence electrons. The van der Waals surface area contributed by atoms with E-state index < -0.39 is 0 Å². The summed E-state index contributed by atoms with van der Waals surface area (Å²) in [5.41, 5.74) is 1.39. The van der Waals surface area contributed by atoms with E-state index in [4.69, 9.17) is 0 Å². The van der Waals surface area contributed by atoms with Crippen molar-refractivity contribution in [3.63, 3.8) is 0 Å². The van der Waals surface area contributed by atoms with Crippen molar-refractivity contribution in [3.8, 4) is 0 Å². The summed E-state index contributed by atoms with van der Waals surface area (Å²) in [6, 6.07) is 2.13. The van der Waals surface area contributed by atoms with E-state index in [9.17, 15) is 0 Å². The Morgan fingerprint density at radius 1 is 1.35 bits per heavy atom. The fourth-order valence-corrected chi connectivity index (χ4v) is 2.89. The van der Waals surface area contributed by atoms with E-state index in [2.05, 4.69) is 64.6 Å². The number of hydrogen-bond donors (Lipinski definition) is 0. The SMILES string of the molecule is Cc1cnc(N2CCN(C)C(C)(C)C2)c(Br)c1. The number of rotatable bonds is 1. The Balaban J connectivity index is 2.24.